The number of halogens is 2. The molecule has 7 nitrogen and oxygen atoms in total. The van der Waals surface area contributed by atoms with Crippen LogP contribution in [0, 0.1) is 19.7 Å². The van der Waals surface area contributed by atoms with E-state index < -0.39 is 0 Å². The van der Waals surface area contributed by atoms with Crippen molar-refractivity contribution in [3.05, 3.63) is 70.3 Å². The van der Waals surface area contributed by atoms with Gasteiger partial charge in [0.25, 0.3) is 5.91 Å². The van der Waals surface area contributed by atoms with E-state index >= 15 is 0 Å². The smallest absolute Gasteiger partial charge is 0.259 e. The molecule has 0 spiro atoms. The lowest BCUT2D eigenvalue weighted by molar-refractivity contribution is -0.120. The molecule has 31 heavy (non-hydrogen) atoms. The Morgan fingerprint density at radius 1 is 1.19 bits per heavy atom. The molecule has 4 rings (SSSR count). The van der Waals surface area contributed by atoms with E-state index in [0.29, 0.717) is 46.4 Å². The van der Waals surface area contributed by atoms with Gasteiger partial charge in [-0.1, -0.05) is 11.6 Å². The zero-order valence-corrected chi connectivity index (χ0v) is 17.8. The normalized spacial score (nSPS) is 13.8. The second kappa shape index (κ2) is 8.39. The second-order valence-corrected chi connectivity index (χ2v) is 7.73. The molecule has 0 radical (unpaired) electrons. The third kappa shape index (κ3) is 4.25. The number of amides is 2. The van der Waals surface area contributed by atoms with Gasteiger partial charge in [-0.3, -0.25) is 9.59 Å². The lowest BCUT2D eigenvalue weighted by atomic mass is 10.1. The van der Waals surface area contributed by atoms with Gasteiger partial charge in [-0.15, -0.1) is 0 Å². The molecule has 1 fully saturated rings. The average molecular weight is 442 g/mol. The summed E-state index contributed by atoms with van der Waals surface area (Å²) < 4.78 is 14.8. The van der Waals surface area contributed by atoms with Crippen molar-refractivity contribution in [3.8, 4) is 5.69 Å². The fraction of sp³-hybridized carbons (Fsp3) is 0.227. The van der Waals surface area contributed by atoms with Crippen LogP contribution in [0.1, 0.15) is 21.7 Å². The SMILES string of the molecule is Cc1nn(-c2ccc(F)cc2)c(C)c1C(=O)Nc1ccc(N2CCNC(=O)C2)c(Cl)c1. The lowest BCUT2D eigenvalue weighted by Gasteiger charge is -2.29. The molecule has 2 aromatic carbocycles. The van der Waals surface area contributed by atoms with Gasteiger partial charge in [-0.2, -0.15) is 5.10 Å². The Labute approximate surface area is 183 Å². The van der Waals surface area contributed by atoms with Crippen molar-refractivity contribution in [3.63, 3.8) is 0 Å². The highest BCUT2D eigenvalue weighted by Gasteiger charge is 2.21. The number of nitrogens with one attached hydrogen (secondary N) is 2. The lowest BCUT2D eigenvalue weighted by Crippen LogP contribution is -2.47. The van der Waals surface area contributed by atoms with Gasteiger partial charge in [0.2, 0.25) is 5.91 Å². The van der Waals surface area contributed by atoms with E-state index in [-0.39, 0.29) is 24.2 Å². The highest BCUT2D eigenvalue weighted by molar-refractivity contribution is 6.33. The number of aryl methyl sites for hydroxylation is 1. The molecule has 3 aromatic rings. The Kier molecular flexibility index (Phi) is 5.65. The predicted molar refractivity (Wildman–Crippen MR) is 118 cm³/mol. The van der Waals surface area contributed by atoms with Crippen molar-refractivity contribution in [1.82, 2.24) is 15.1 Å². The molecule has 0 atom stereocenters. The maximum absolute atomic E-state index is 13.2. The molecule has 2 heterocycles. The molecular formula is C22H21ClFN5O2. The minimum Gasteiger partial charge on any atom is -0.359 e. The first-order chi connectivity index (χ1) is 14.8. The van der Waals surface area contributed by atoms with Crippen LogP contribution in [-0.2, 0) is 4.79 Å². The number of aromatic nitrogens is 2. The van der Waals surface area contributed by atoms with Gasteiger partial charge in [0.15, 0.2) is 0 Å². The molecular weight excluding hydrogens is 421 g/mol. The van der Waals surface area contributed by atoms with E-state index in [4.69, 9.17) is 11.6 Å². The second-order valence-electron chi connectivity index (χ2n) is 7.33. The fourth-order valence-electron chi connectivity index (χ4n) is 3.68. The number of rotatable bonds is 4. The molecule has 0 bridgehead atoms. The van der Waals surface area contributed by atoms with Crippen LogP contribution in [0.3, 0.4) is 0 Å². The summed E-state index contributed by atoms with van der Waals surface area (Å²) in [6, 6.07) is 11.1. The van der Waals surface area contributed by atoms with E-state index in [1.807, 2.05) is 4.90 Å². The summed E-state index contributed by atoms with van der Waals surface area (Å²) in [6.07, 6.45) is 0. The van der Waals surface area contributed by atoms with Crippen molar-refractivity contribution in [2.24, 2.45) is 0 Å². The fourth-order valence-corrected chi connectivity index (χ4v) is 3.98. The number of hydrogen-bond acceptors (Lipinski definition) is 4. The molecule has 9 heteroatoms. The monoisotopic (exact) mass is 441 g/mol. The highest BCUT2D eigenvalue weighted by Crippen LogP contribution is 2.30. The Bertz CT molecular complexity index is 1160. The Morgan fingerprint density at radius 3 is 2.61 bits per heavy atom. The number of carbonyl (C=O) groups is 2. The van der Waals surface area contributed by atoms with Gasteiger partial charge in [-0.25, -0.2) is 9.07 Å². The molecule has 160 valence electrons. The minimum atomic E-state index is -0.339. The first kappa shape index (κ1) is 20.9. The van der Waals surface area contributed by atoms with E-state index in [1.165, 1.54) is 12.1 Å². The third-order valence-corrected chi connectivity index (χ3v) is 5.48. The summed E-state index contributed by atoms with van der Waals surface area (Å²) in [5.41, 5.74) is 3.58. The molecule has 0 aliphatic carbocycles. The largest absolute Gasteiger partial charge is 0.359 e. The number of carbonyl (C=O) groups excluding carboxylic acids is 2. The standard InChI is InChI=1S/C22H21ClFN5O2/c1-13-21(14(2)29(27-13)17-6-3-15(24)4-7-17)22(31)26-16-5-8-19(18(23)11-16)28-10-9-25-20(30)12-28/h3-8,11H,9-10,12H2,1-2H3,(H,25,30)(H,26,31). The first-order valence-corrected chi connectivity index (χ1v) is 10.2. The van der Waals surface area contributed by atoms with Crippen LogP contribution in [-0.4, -0.2) is 41.2 Å². The minimum absolute atomic E-state index is 0.0520. The van der Waals surface area contributed by atoms with Crippen LogP contribution in [0.2, 0.25) is 5.02 Å². The zero-order chi connectivity index (χ0) is 22.1. The average Bonchev–Trinajstić information content (AvgIpc) is 3.02. The van der Waals surface area contributed by atoms with Crippen molar-refractivity contribution in [2.75, 3.05) is 29.9 Å². The molecule has 0 unspecified atom stereocenters. The Hall–Kier alpha value is -3.39. The molecule has 2 amide bonds. The van der Waals surface area contributed by atoms with Crippen LogP contribution < -0.4 is 15.5 Å². The number of anilines is 2. The van der Waals surface area contributed by atoms with Gasteiger partial charge >= 0.3 is 0 Å². The van der Waals surface area contributed by atoms with Crippen molar-refractivity contribution >= 4 is 34.8 Å². The molecule has 1 aliphatic heterocycles. The number of nitrogens with zero attached hydrogens (tertiary/aromatic N) is 3. The van der Waals surface area contributed by atoms with E-state index in [0.717, 1.165) is 5.69 Å². The number of benzene rings is 2. The van der Waals surface area contributed by atoms with Crippen molar-refractivity contribution < 1.29 is 14.0 Å². The topological polar surface area (TPSA) is 79.3 Å². The Balaban J connectivity index is 1.55. The summed E-state index contributed by atoms with van der Waals surface area (Å²) in [5.74, 6) is -0.706. The Morgan fingerprint density at radius 2 is 1.94 bits per heavy atom. The molecule has 0 saturated carbocycles. The molecule has 1 aromatic heterocycles. The summed E-state index contributed by atoms with van der Waals surface area (Å²) in [7, 11) is 0. The number of piperazine rings is 1. The quantitative estimate of drug-likeness (QED) is 0.649. The van der Waals surface area contributed by atoms with Gasteiger partial charge in [-0.05, 0) is 56.3 Å². The molecule has 1 aliphatic rings. The van der Waals surface area contributed by atoms with E-state index in [2.05, 4.69) is 15.7 Å². The van der Waals surface area contributed by atoms with Crippen molar-refractivity contribution in [1.29, 1.82) is 0 Å². The zero-order valence-electron chi connectivity index (χ0n) is 17.1. The summed E-state index contributed by atoms with van der Waals surface area (Å²) in [5, 5.41) is 10.5. The van der Waals surface area contributed by atoms with Gasteiger partial charge in [0.1, 0.15) is 5.82 Å². The predicted octanol–water partition coefficient (Wildman–Crippen LogP) is 3.47. The first-order valence-electron chi connectivity index (χ1n) is 9.78. The van der Waals surface area contributed by atoms with Gasteiger partial charge in [0.05, 0.1) is 39.9 Å². The van der Waals surface area contributed by atoms with Crippen molar-refractivity contribution in [2.45, 2.75) is 13.8 Å². The summed E-state index contributed by atoms with van der Waals surface area (Å²) >= 11 is 6.43. The van der Waals surface area contributed by atoms with E-state index in [1.54, 1.807) is 48.9 Å². The number of hydrogen-bond donors (Lipinski definition) is 2. The van der Waals surface area contributed by atoms with Crippen LogP contribution in [0.4, 0.5) is 15.8 Å². The molecule has 2 N–H and O–H groups in total. The molecule has 1 saturated heterocycles. The third-order valence-electron chi connectivity index (χ3n) is 5.17. The van der Waals surface area contributed by atoms with Gasteiger partial charge in [0, 0.05) is 18.8 Å². The summed E-state index contributed by atoms with van der Waals surface area (Å²) in [4.78, 5) is 26.5. The summed E-state index contributed by atoms with van der Waals surface area (Å²) in [6.45, 7) is 5.00. The van der Waals surface area contributed by atoms with Crippen LogP contribution in [0.5, 0.6) is 0 Å². The van der Waals surface area contributed by atoms with Gasteiger partial charge < -0.3 is 15.5 Å². The maximum atomic E-state index is 13.2. The van der Waals surface area contributed by atoms with Crippen LogP contribution in [0.15, 0.2) is 42.5 Å². The highest BCUT2D eigenvalue weighted by atomic mass is 35.5. The van der Waals surface area contributed by atoms with E-state index in [9.17, 15) is 14.0 Å². The van der Waals surface area contributed by atoms with Crippen LogP contribution >= 0.6 is 11.6 Å². The van der Waals surface area contributed by atoms with Crippen LogP contribution in [0.25, 0.3) is 5.69 Å². The maximum Gasteiger partial charge on any atom is 0.259 e.